The van der Waals surface area contributed by atoms with Crippen molar-refractivity contribution in [3.8, 4) is 0 Å². The van der Waals surface area contributed by atoms with Crippen LogP contribution in [0.1, 0.15) is 0 Å². The fourth-order valence-corrected chi connectivity index (χ4v) is 3.38. The first-order chi connectivity index (χ1) is 9.38. The normalized spacial score (nSPS) is 11.8. The van der Waals surface area contributed by atoms with Crippen molar-refractivity contribution in [2.24, 2.45) is 0 Å². The summed E-state index contributed by atoms with van der Waals surface area (Å²) >= 11 is 3.00. The molecule has 0 amide bonds. The van der Waals surface area contributed by atoms with Crippen LogP contribution < -0.4 is 10.5 Å². The number of halogens is 2. The molecule has 0 radical (unpaired) electrons. The first kappa shape index (κ1) is 17.3. The summed E-state index contributed by atoms with van der Waals surface area (Å²) in [6, 6.07) is 2.08. The van der Waals surface area contributed by atoms with E-state index in [1.807, 2.05) is 0 Å². The predicted octanol–water partition coefficient (Wildman–Crippen LogP) is 1.11. The van der Waals surface area contributed by atoms with E-state index in [0.29, 0.717) is 13.2 Å². The summed E-state index contributed by atoms with van der Waals surface area (Å²) in [4.78, 5) is -0.117. The van der Waals surface area contributed by atoms with Gasteiger partial charge in [0.2, 0.25) is 10.0 Å². The molecule has 0 aliphatic heterocycles. The van der Waals surface area contributed by atoms with Crippen molar-refractivity contribution in [1.29, 1.82) is 0 Å². The van der Waals surface area contributed by atoms with Gasteiger partial charge in [-0.05, 0) is 28.1 Å². The van der Waals surface area contributed by atoms with Gasteiger partial charge in [-0.1, -0.05) is 0 Å². The zero-order chi connectivity index (χ0) is 15.2. The standard InChI is InChI=1S/C11H16BrFN2O4S/c1-18-4-5-19-3-2-15-20(16,17)11-7-10(14)9(13)6-8(11)12/h6-7,15H,2-5,14H2,1H3. The first-order valence-corrected chi connectivity index (χ1v) is 7.97. The molecule has 20 heavy (non-hydrogen) atoms. The van der Waals surface area contributed by atoms with Crippen molar-refractivity contribution in [1.82, 2.24) is 4.72 Å². The predicted molar refractivity (Wildman–Crippen MR) is 76.4 cm³/mol. The van der Waals surface area contributed by atoms with Crippen LogP contribution in [0.25, 0.3) is 0 Å². The summed E-state index contributed by atoms with van der Waals surface area (Å²) in [6.07, 6.45) is 0. The number of nitrogens with two attached hydrogens (primary N) is 1. The molecule has 0 aliphatic carbocycles. The lowest BCUT2D eigenvalue weighted by molar-refractivity contribution is 0.0736. The van der Waals surface area contributed by atoms with Gasteiger partial charge in [-0.2, -0.15) is 0 Å². The number of rotatable bonds is 8. The van der Waals surface area contributed by atoms with Gasteiger partial charge in [-0.15, -0.1) is 0 Å². The Morgan fingerprint density at radius 3 is 2.70 bits per heavy atom. The van der Waals surface area contributed by atoms with Gasteiger partial charge in [0.25, 0.3) is 0 Å². The molecular formula is C11H16BrFN2O4S. The second kappa shape index (κ2) is 7.89. The summed E-state index contributed by atoms with van der Waals surface area (Å²) in [5.74, 6) is -0.682. The molecule has 6 nitrogen and oxygen atoms in total. The van der Waals surface area contributed by atoms with Crippen LogP contribution in [0.5, 0.6) is 0 Å². The van der Waals surface area contributed by atoms with Crippen molar-refractivity contribution in [3.63, 3.8) is 0 Å². The summed E-state index contributed by atoms with van der Waals surface area (Å²) < 4.78 is 49.5. The van der Waals surface area contributed by atoms with Gasteiger partial charge in [0, 0.05) is 18.1 Å². The van der Waals surface area contributed by atoms with Crippen molar-refractivity contribution in [2.75, 3.05) is 39.2 Å². The minimum absolute atomic E-state index is 0.0930. The number of nitrogen functional groups attached to an aromatic ring is 1. The second-order valence-electron chi connectivity index (χ2n) is 3.81. The molecule has 0 atom stereocenters. The Bertz CT molecular complexity index is 554. The van der Waals surface area contributed by atoms with Gasteiger partial charge in [0.1, 0.15) is 5.82 Å². The van der Waals surface area contributed by atoms with Crippen LogP contribution in [-0.4, -0.2) is 41.9 Å². The van der Waals surface area contributed by atoms with E-state index in [4.69, 9.17) is 15.2 Å². The van der Waals surface area contributed by atoms with Gasteiger partial charge in [0.15, 0.2) is 0 Å². The Morgan fingerprint density at radius 1 is 1.35 bits per heavy atom. The number of sulfonamides is 1. The Hall–Kier alpha value is -0.740. The van der Waals surface area contributed by atoms with Crippen LogP contribution in [0.3, 0.4) is 0 Å². The molecule has 0 spiro atoms. The maximum Gasteiger partial charge on any atom is 0.241 e. The van der Waals surface area contributed by atoms with Crippen LogP contribution in [0.2, 0.25) is 0 Å². The second-order valence-corrected chi connectivity index (χ2v) is 6.40. The third-order valence-electron chi connectivity index (χ3n) is 2.31. The maximum absolute atomic E-state index is 13.2. The van der Waals surface area contributed by atoms with Crippen LogP contribution in [0.4, 0.5) is 10.1 Å². The van der Waals surface area contributed by atoms with Crippen molar-refractivity contribution >= 4 is 31.6 Å². The molecule has 0 aliphatic rings. The fourth-order valence-electron chi connectivity index (χ4n) is 1.32. The van der Waals surface area contributed by atoms with Crippen molar-refractivity contribution in [3.05, 3.63) is 22.4 Å². The molecular weight excluding hydrogens is 355 g/mol. The minimum Gasteiger partial charge on any atom is -0.396 e. The monoisotopic (exact) mass is 370 g/mol. The molecule has 0 saturated heterocycles. The molecule has 0 fully saturated rings. The highest BCUT2D eigenvalue weighted by molar-refractivity contribution is 9.10. The molecule has 1 aromatic carbocycles. The molecule has 114 valence electrons. The highest BCUT2D eigenvalue weighted by Gasteiger charge is 2.19. The number of hydrogen-bond donors (Lipinski definition) is 2. The molecule has 0 saturated carbocycles. The molecule has 0 unspecified atom stereocenters. The Labute approximate surface area is 125 Å². The zero-order valence-corrected chi connectivity index (χ0v) is 13.3. The van der Waals surface area contributed by atoms with E-state index >= 15 is 0 Å². The molecule has 0 heterocycles. The number of anilines is 1. The number of benzene rings is 1. The van der Waals surface area contributed by atoms with E-state index in [-0.39, 0.29) is 28.2 Å². The zero-order valence-electron chi connectivity index (χ0n) is 10.9. The molecule has 0 bridgehead atoms. The number of hydrogen-bond acceptors (Lipinski definition) is 5. The lowest BCUT2D eigenvalue weighted by atomic mass is 10.3. The van der Waals surface area contributed by atoms with Crippen LogP contribution in [-0.2, 0) is 19.5 Å². The SMILES string of the molecule is COCCOCCNS(=O)(=O)c1cc(N)c(F)cc1Br. The smallest absolute Gasteiger partial charge is 0.241 e. The summed E-state index contributed by atoms with van der Waals surface area (Å²) in [7, 11) is -2.23. The van der Waals surface area contributed by atoms with E-state index < -0.39 is 15.8 Å². The van der Waals surface area contributed by atoms with E-state index in [9.17, 15) is 12.8 Å². The van der Waals surface area contributed by atoms with Crippen molar-refractivity contribution in [2.45, 2.75) is 4.90 Å². The van der Waals surface area contributed by atoms with Gasteiger partial charge in [-0.25, -0.2) is 17.5 Å². The molecule has 1 rings (SSSR count). The fraction of sp³-hybridized carbons (Fsp3) is 0.455. The van der Waals surface area contributed by atoms with E-state index in [1.54, 1.807) is 7.11 Å². The van der Waals surface area contributed by atoms with Crippen LogP contribution in [0.15, 0.2) is 21.5 Å². The van der Waals surface area contributed by atoms with Crippen LogP contribution >= 0.6 is 15.9 Å². The summed E-state index contributed by atoms with van der Waals surface area (Å²) in [5, 5.41) is 0. The number of ether oxygens (including phenoxy) is 2. The third kappa shape index (κ3) is 4.98. The van der Waals surface area contributed by atoms with E-state index in [2.05, 4.69) is 20.7 Å². The van der Waals surface area contributed by atoms with Gasteiger partial charge in [0.05, 0.1) is 30.4 Å². The Kier molecular flexibility index (Phi) is 6.83. The van der Waals surface area contributed by atoms with Gasteiger partial charge >= 0.3 is 0 Å². The van der Waals surface area contributed by atoms with Gasteiger partial charge < -0.3 is 15.2 Å². The largest absolute Gasteiger partial charge is 0.396 e. The van der Waals surface area contributed by atoms with Gasteiger partial charge in [-0.3, -0.25) is 0 Å². The van der Waals surface area contributed by atoms with E-state index in [0.717, 1.165) is 12.1 Å². The number of nitrogens with one attached hydrogen (secondary N) is 1. The summed E-state index contributed by atoms with van der Waals surface area (Å²) in [6.45, 7) is 1.12. The third-order valence-corrected chi connectivity index (χ3v) is 4.73. The highest BCUT2D eigenvalue weighted by Crippen LogP contribution is 2.26. The maximum atomic E-state index is 13.2. The average molecular weight is 371 g/mol. The number of methoxy groups -OCH3 is 1. The lowest BCUT2D eigenvalue weighted by Crippen LogP contribution is -2.28. The van der Waals surface area contributed by atoms with Crippen molar-refractivity contribution < 1.29 is 22.3 Å². The molecule has 3 N–H and O–H groups in total. The molecule has 1 aromatic rings. The molecule has 9 heteroatoms. The quantitative estimate of drug-likeness (QED) is 0.528. The summed E-state index contributed by atoms with van der Waals surface area (Å²) in [5.41, 5.74) is 5.14. The Balaban J connectivity index is 2.63. The Morgan fingerprint density at radius 2 is 2.05 bits per heavy atom. The topological polar surface area (TPSA) is 90.6 Å². The lowest BCUT2D eigenvalue weighted by Gasteiger charge is -2.10. The van der Waals surface area contributed by atoms with Crippen LogP contribution in [0, 0.1) is 5.82 Å². The first-order valence-electron chi connectivity index (χ1n) is 5.69. The average Bonchev–Trinajstić information content (AvgIpc) is 2.37. The highest BCUT2D eigenvalue weighted by atomic mass is 79.9. The van der Waals surface area contributed by atoms with E-state index in [1.165, 1.54) is 0 Å². The molecule has 0 aromatic heterocycles. The minimum atomic E-state index is -3.78.